The second-order valence-corrected chi connectivity index (χ2v) is 6.35. The molecule has 4 nitrogen and oxygen atoms in total. The molecule has 1 aromatic carbocycles. The van der Waals surface area contributed by atoms with Gasteiger partial charge in [0.05, 0.1) is 5.02 Å². The first kappa shape index (κ1) is 16.8. The molecule has 1 heterocycles. The standard InChI is InChI=1S/C19H21ClN2O2/c20-16-8-9-17(19-15(16)7-4-11-22-19)24-13-18(23)21-12-10-14-5-2-1-3-6-14/h4-5,7-9,11H,1-3,6,10,12-13H2,(H,21,23). The normalized spacial score (nSPS) is 14.3. The van der Waals surface area contributed by atoms with Crippen molar-refractivity contribution in [2.75, 3.05) is 13.2 Å². The third-order valence-corrected chi connectivity index (χ3v) is 4.52. The van der Waals surface area contributed by atoms with Crippen LogP contribution in [0.25, 0.3) is 10.9 Å². The van der Waals surface area contributed by atoms with Crippen molar-refractivity contribution in [1.29, 1.82) is 0 Å². The lowest BCUT2D eigenvalue weighted by Gasteiger charge is -2.13. The Balaban J connectivity index is 1.51. The summed E-state index contributed by atoms with van der Waals surface area (Å²) in [6.45, 7) is 0.639. The van der Waals surface area contributed by atoms with Crippen molar-refractivity contribution in [1.82, 2.24) is 10.3 Å². The van der Waals surface area contributed by atoms with Gasteiger partial charge >= 0.3 is 0 Å². The van der Waals surface area contributed by atoms with Crippen molar-refractivity contribution in [3.63, 3.8) is 0 Å². The van der Waals surface area contributed by atoms with Crippen LogP contribution >= 0.6 is 11.6 Å². The summed E-state index contributed by atoms with van der Waals surface area (Å²) in [5, 5.41) is 4.35. The van der Waals surface area contributed by atoms with Crippen LogP contribution in [0.1, 0.15) is 32.1 Å². The lowest BCUT2D eigenvalue weighted by molar-refractivity contribution is -0.123. The second kappa shape index (κ2) is 8.15. The highest BCUT2D eigenvalue weighted by Crippen LogP contribution is 2.29. The number of halogens is 1. The number of aromatic nitrogens is 1. The Morgan fingerprint density at radius 2 is 2.21 bits per heavy atom. The van der Waals surface area contributed by atoms with E-state index in [0.29, 0.717) is 22.8 Å². The summed E-state index contributed by atoms with van der Waals surface area (Å²) in [4.78, 5) is 16.3. The molecule has 1 aromatic heterocycles. The molecule has 3 rings (SSSR count). The number of nitrogens with zero attached hydrogens (tertiary/aromatic N) is 1. The van der Waals surface area contributed by atoms with Crippen LogP contribution in [0.15, 0.2) is 42.1 Å². The number of nitrogens with one attached hydrogen (secondary N) is 1. The highest BCUT2D eigenvalue weighted by molar-refractivity contribution is 6.35. The van der Waals surface area contributed by atoms with E-state index < -0.39 is 0 Å². The number of rotatable bonds is 6. The first-order valence-corrected chi connectivity index (χ1v) is 8.72. The Hall–Kier alpha value is -2.07. The molecule has 0 unspecified atom stereocenters. The Kier molecular flexibility index (Phi) is 5.70. The molecule has 0 spiro atoms. The third-order valence-electron chi connectivity index (χ3n) is 4.19. The van der Waals surface area contributed by atoms with E-state index in [-0.39, 0.29) is 12.5 Å². The van der Waals surface area contributed by atoms with E-state index >= 15 is 0 Å². The predicted octanol–water partition coefficient (Wildman–Crippen LogP) is 4.27. The molecule has 126 valence electrons. The fourth-order valence-electron chi connectivity index (χ4n) is 2.92. The third kappa shape index (κ3) is 4.26. The van der Waals surface area contributed by atoms with Crippen LogP contribution in [0, 0.1) is 0 Å². The van der Waals surface area contributed by atoms with Gasteiger partial charge in [0.2, 0.25) is 0 Å². The van der Waals surface area contributed by atoms with Gasteiger partial charge in [-0.15, -0.1) is 0 Å². The summed E-state index contributed by atoms with van der Waals surface area (Å²) in [6.07, 6.45) is 9.79. The molecule has 1 amide bonds. The summed E-state index contributed by atoms with van der Waals surface area (Å²) < 4.78 is 5.63. The summed E-state index contributed by atoms with van der Waals surface area (Å²) in [5.41, 5.74) is 2.13. The molecule has 2 aromatic rings. The molecule has 0 saturated heterocycles. The van der Waals surface area contributed by atoms with Crippen molar-refractivity contribution in [3.05, 3.63) is 47.1 Å². The van der Waals surface area contributed by atoms with Crippen molar-refractivity contribution in [2.45, 2.75) is 32.1 Å². The number of allylic oxidation sites excluding steroid dienone is 1. The van der Waals surface area contributed by atoms with Crippen LogP contribution < -0.4 is 10.1 Å². The number of hydrogen-bond acceptors (Lipinski definition) is 3. The fraction of sp³-hybridized carbons (Fsp3) is 0.368. The molecule has 1 aliphatic rings. The van der Waals surface area contributed by atoms with Crippen LogP contribution in [-0.2, 0) is 4.79 Å². The fourth-order valence-corrected chi connectivity index (χ4v) is 3.13. The molecule has 0 bridgehead atoms. The Morgan fingerprint density at radius 3 is 3.04 bits per heavy atom. The first-order valence-electron chi connectivity index (χ1n) is 8.34. The summed E-state index contributed by atoms with van der Waals surface area (Å²) in [5.74, 6) is 0.450. The topological polar surface area (TPSA) is 51.2 Å². The van der Waals surface area contributed by atoms with Crippen molar-refractivity contribution < 1.29 is 9.53 Å². The van der Waals surface area contributed by atoms with Crippen LogP contribution in [-0.4, -0.2) is 24.0 Å². The maximum atomic E-state index is 12.0. The van der Waals surface area contributed by atoms with E-state index in [1.807, 2.05) is 12.1 Å². The minimum absolute atomic E-state index is 0.0215. The van der Waals surface area contributed by atoms with Gasteiger partial charge in [-0.2, -0.15) is 0 Å². The predicted molar refractivity (Wildman–Crippen MR) is 96.4 cm³/mol. The van der Waals surface area contributed by atoms with E-state index in [9.17, 15) is 4.79 Å². The van der Waals surface area contributed by atoms with Gasteiger partial charge in [-0.25, -0.2) is 0 Å². The molecule has 0 atom stereocenters. The molecular formula is C19H21ClN2O2. The second-order valence-electron chi connectivity index (χ2n) is 5.94. The minimum Gasteiger partial charge on any atom is -0.481 e. The number of ether oxygens (including phenoxy) is 1. The lowest BCUT2D eigenvalue weighted by atomic mass is 9.97. The van der Waals surface area contributed by atoms with Crippen LogP contribution in [0.3, 0.4) is 0 Å². The van der Waals surface area contributed by atoms with Crippen molar-refractivity contribution >= 4 is 28.4 Å². The van der Waals surface area contributed by atoms with Crippen molar-refractivity contribution in [2.24, 2.45) is 0 Å². The molecule has 24 heavy (non-hydrogen) atoms. The van der Waals surface area contributed by atoms with Crippen LogP contribution in [0.4, 0.5) is 0 Å². The van der Waals surface area contributed by atoms with Gasteiger partial charge in [-0.1, -0.05) is 23.3 Å². The number of carbonyl (C=O) groups is 1. The highest BCUT2D eigenvalue weighted by Gasteiger charge is 2.09. The molecule has 1 aliphatic carbocycles. The highest BCUT2D eigenvalue weighted by atomic mass is 35.5. The smallest absolute Gasteiger partial charge is 0.257 e. The largest absolute Gasteiger partial charge is 0.481 e. The van der Waals surface area contributed by atoms with Crippen LogP contribution in [0.2, 0.25) is 5.02 Å². The summed E-state index contributed by atoms with van der Waals surface area (Å²) in [6, 6.07) is 7.21. The Labute approximate surface area is 146 Å². The maximum Gasteiger partial charge on any atom is 0.257 e. The quantitative estimate of drug-likeness (QED) is 0.796. The molecule has 1 N–H and O–H groups in total. The lowest BCUT2D eigenvalue weighted by Crippen LogP contribution is -2.30. The molecule has 0 radical (unpaired) electrons. The zero-order valence-corrected chi connectivity index (χ0v) is 14.3. The van der Waals surface area contributed by atoms with Gasteiger partial charge < -0.3 is 10.1 Å². The number of carbonyl (C=O) groups excluding carboxylic acids is 1. The number of benzene rings is 1. The van der Waals surface area contributed by atoms with Gasteiger partial charge in [-0.3, -0.25) is 9.78 Å². The Bertz CT molecular complexity index is 758. The SMILES string of the molecule is O=C(COc1ccc(Cl)c2cccnc12)NCCC1=CCCCC1. The number of fused-ring (bicyclic) bond motifs is 1. The van der Waals surface area contributed by atoms with Gasteiger partial charge in [0, 0.05) is 18.1 Å². The average molecular weight is 345 g/mol. The summed E-state index contributed by atoms with van der Waals surface area (Å²) in [7, 11) is 0. The van der Waals surface area contributed by atoms with E-state index in [4.69, 9.17) is 16.3 Å². The molecule has 0 aliphatic heterocycles. The van der Waals surface area contributed by atoms with Gasteiger partial charge in [0.1, 0.15) is 11.3 Å². The molecule has 5 heteroatoms. The van der Waals surface area contributed by atoms with E-state index in [1.54, 1.807) is 18.3 Å². The maximum absolute atomic E-state index is 12.0. The Morgan fingerprint density at radius 1 is 1.29 bits per heavy atom. The van der Waals surface area contributed by atoms with E-state index in [2.05, 4.69) is 16.4 Å². The summed E-state index contributed by atoms with van der Waals surface area (Å²) >= 11 is 6.15. The number of amides is 1. The van der Waals surface area contributed by atoms with Crippen LogP contribution in [0.5, 0.6) is 5.75 Å². The van der Waals surface area contributed by atoms with Gasteiger partial charge in [0.25, 0.3) is 5.91 Å². The molecule has 0 saturated carbocycles. The molecular weight excluding hydrogens is 324 g/mol. The molecule has 0 fully saturated rings. The van der Waals surface area contributed by atoms with E-state index in [1.165, 1.54) is 24.8 Å². The zero-order valence-electron chi connectivity index (χ0n) is 13.6. The van der Waals surface area contributed by atoms with E-state index in [0.717, 1.165) is 18.2 Å². The van der Waals surface area contributed by atoms with Crippen molar-refractivity contribution in [3.8, 4) is 5.75 Å². The number of pyridine rings is 1. The monoisotopic (exact) mass is 344 g/mol. The average Bonchev–Trinajstić information content (AvgIpc) is 2.62. The minimum atomic E-state index is -0.120. The first-order chi connectivity index (χ1) is 11.7. The van der Waals surface area contributed by atoms with Gasteiger partial charge in [-0.05, 0) is 56.4 Å². The van der Waals surface area contributed by atoms with Gasteiger partial charge in [0.15, 0.2) is 6.61 Å². The number of hydrogen-bond donors (Lipinski definition) is 1. The zero-order chi connectivity index (χ0) is 16.8.